The van der Waals surface area contributed by atoms with Crippen LogP contribution in [0.1, 0.15) is 18.4 Å². The lowest BCUT2D eigenvalue weighted by atomic mass is 10.1. The zero-order chi connectivity index (χ0) is 10.4. The number of rotatable bonds is 5. The molecular weight excluding hydrogens is 176 g/mol. The highest BCUT2D eigenvalue weighted by atomic mass is 15.0. The van der Waals surface area contributed by atoms with Gasteiger partial charge in [-0.2, -0.15) is 0 Å². The van der Waals surface area contributed by atoms with Gasteiger partial charge in [0.15, 0.2) is 5.96 Å². The second-order valence-corrected chi connectivity index (χ2v) is 3.45. The van der Waals surface area contributed by atoms with Gasteiger partial charge >= 0.3 is 0 Å². The molecule has 0 saturated heterocycles. The third-order valence-corrected chi connectivity index (χ3v) is 2.06. The van der Waals surface area contributed by atoms with Gasteiger partial charge in [0, 0.05) is 26.0 Å². The molecule has 0 atom stereocenters. The first-order chi connectivity index (χ1) is 6.68. The van der Waals surface area contributed by atoms with Crippen molar-refractivity contribution in [1.82, 2.24) is 4.57 Å². The average molecular weight is 194 g/mol. The number of unbranched alkanes of at least 4 members (excludes halogenated alkanes) is 1. The first kappa shape index (κ1) is 10.6. The number of guanidine groups is 1. The molecule has 0 aliphatic rings. The van der Waals surface area contributed by atoms with Crippen molar-refractivity contribution < 1.29 is 0 Å². The van der Waals surface area contributed by atoms with Crippen LogP contribution in [0.4, 0.5) is 0 Å². The highest BCUT2D eigenvalue weighted by Gasteiger charge is 1.94. The molecule has 1 heterocycles. The molecule has 4 N–H and O–H groups in total. The molecule has 1 rings (SSSR count). The predicted molar refractivity (Wildman–Crippen MR) is 59.0 cm³/mol. The second kappa shape index (κ2) is 5.32. The van der Waals surface area contributed by atoms with Crippen LogP contribution >= 0.6 is 0 Å². The summed E-state index contributed by atoms with van der Waals surface area (Å²) in [6.07, 6.45) is 7.46. The summed E-state index contributed by atoms with van der Waals surface area (Å²) in [6, 6.07) is 2.14. The lowest BCUT2D eigenvalue weighted by Gasteiger charge is -1.96. The van der Waals surface area contributed by atoms with E-state index in [2.05, 4.69) is 28.0 Å². The number of hydrogen-bond acceptors (Lipinski definition) is 1. The third kappa shape index (κ3) is 3.98. The number of aromatic nitrogens is 1. The Labute approximate surface area is 84.6 Å². The van der Waals surface area contributed by atoms with Crippen molar-refractivity contribution in [3.8, 4) is 0 Å². The third-order valence-electron chi connectivity index (χ3n) is 2.06. The maximum absolute atomic E-state index is 5.21. The van der Waals surface area contributed by atoms with E-state index in [1.54, 1.807) is 0 Å². The smallest absolute Gasteiger partial charge is 0.185 e. The average Bonchev–Trinajstić information content (AvgIpc) is 2.50. The molecular formula is C10H18N4. The van der Waals surface area contributed by atoms with Gasteiger partial charge in [0.2, 0.25) is 0 Å². The Bertz CT molecular complexity index is 297. The minimum absolute atomic E-state index is 0.185. The summed E-state index contributed by atoms with van der Waals surface area (Å²) >= 11 is 0. The summed E-state index contributed by atoms with van der Waals surface area (Å²) in [4.78, 5) is 3.93. The van der Waals surface area contributed by atoms with E-state index in [1.165, 1.54) is 5.56 Å². The molecule has 0 spiro atoms. The fourth-order valence-corrected chi connectivity index (χ4v) is 1.36. The molecule has 1 aromatic rings. The van der Waals surface area contributed by atoms with Crippen molar-refractivity contribution in [3.05, 3.63) is 24.0 Å². The van der Waals surface area contributed by atoms with E-state index in [9.17, 15) is 0 Å². The molecule has 0 aliphatic heterocycles. The Morgan fingerprint density at radius 3 is 2.79 bits per heavy atom. The van der Waals surface area contributed by atoms with Crippen LogP contribution in [0.15, 0.2) is 23.5 Å². The van der Waals surface area contributed by atoms with Crippen LogP contribution in [0.5, 0.6) is 0 Å². The Hall–Kier alpha value is -1.45. The molecule has 0 aromatic carbocycles. The second-order valence-electron chi connectivity index (χ2n) is 3.45. The summed E-state index contributed by atoms with van der Waals surface area (Å²) in [5, 5.41) is 0. The lowest BCUT2D eigenvalue weighted by Crippen LogP contribution is -2.22. The molecule has 4 heteroatoms. The fraction of sp³-hybridized carbons (Fsp3) is 0.500. The molecule has 4 nitrogen and oxygen atoms in total. The SMILES string of the molecule is Cn1ccc(CCCCN=C(N)N)c1. The molecule has 0 unspecified atom stereocenters. The summed E-state index contributed by atoms with van der Waals surface area (Å²) < 4.78 is 2.06. The molecule has 1 aromatic heterocycles. The van der Waals surface area contributed by atoms with E-state index < -0.39 is 0 Å². The Morgan fingerprint density at radius 2 is 2.21 bits per heavy atom. The molecule has 0 radical (unpaired) electrons. The molecule has 0 aliphatic carbocycles. The van der Waals surface area contributed by atoms with Crippen LogP contribution in [0, 0.1) is 0 Å². The van der Waals surface area contributed by atoms with Crippen LogP contribution in [0.3, 0.4) is 0 Å². The monoisotopic (exact) mass is 194 g/mol. The van der Waals surface area contributed by atoms with Crippen LogP contribution in [-0.2, 0) is 13.5 Å². The van der Waals surface area contributed by atoms with Crippen molar-refractivity contribution in [2.45, 2.75) is 19.3 Å². The van der Waals surface area contributed by atoms with Gasteiger partial charge in [-0.1, -0.05) is 0 Å². The topological polar surface area (TPSA) is 69.3 Å². The van der Waals surface area contributed by atoms with Crippen LogP contribution in [-0.4, -0.2) is 17.1 Å². The van der Waals surface area contributed by atoms with E-state index >= 15 is 0 Å². The lowest BCUT2D eigenvalue weighted by molar-refractivity contribution is 0.743. The largest absolute Gasteiger partial charge is 0.370 e. The van der Waals surface area contributed by atoms with E-state index in [-0.39, 0.29) is 5.96 Å². The molecule has 14 heavy (non-hydrogen) atoms. The quantitative estimate of drug-likeness (QED) is 0.410. The van der Waals surface area contributed by atoms with Crippen LogP contribution in [0.2, 0.25) is 0 Å². The number of hydrogen-bond donors (Lipinski definition) is 2. The zero-order valence-corrected chi connectivity index (χ0v) is 8.61. The van der Waals surface area contributed by atoms with Crippen molar-refractivity contribution in [1.29, 1.82) is 0 Å². The maximum Gasteiger partial charge on any atom is 0.185 e. The van der Waals surface area contributed by atoms with Gasteiger partial charge in [0.25, 0.3) is 0 Å². The van der Waals surface area contributed by atoms with Crippen molar-refractivity contribution >= 4 is 5.96 Å². The summed E-state index contributed by atoms with van der Waals surface area (Å²) in [7, 11) is 2.03. The van der Waals surface area contributed by atoms with Crippen molar-refractivity contribution in [2.75, 3.05) is 6.54 Å². The minimum atomic E-state index is 0.185. The van der Waals surface area contributed by atoms with Gasteiger partial charge < -0.3 is 16.0 Å². The summed E-state index contributed by atoms with van der Waals surface area (Å²) in [5.74, 6) is 0.185. The standard InChI is InChI=1S/C10H18N4/c1-14-7-5-9(8-14)4-2-3-6-13-10(11)12/h5,7-8H,2-4,6H2,1H3,(H4,11,12,13). The van der Waals surface area contributed by atoms with Gasteiger partial charge in [0.1, 0.15) is 0 Å². The Balaban J connectivity index is 2.13. The maximum atomic E-state index is 5.21. The minimum Gasteiger partial charge on any atom is -0.370 e. The fourth-order valence-electron chi connectivity index (χ4n) is 1.36. The summed E-state index contributed by atoms with van der Waals surface area (Å²) in [6.45, 7) is 0.731. The Morgan fingerprint density at radius 1 is 1.43 bits per heavy atom. The number of nitrogens with zero attached hydrogens (tertiary/aromatic N) is 2. The van der Waals surface area contributed by atoms with Gasteiger partial charge in [-0.05, 0) is 30.9 Å². The number of aliphatic imine (C=N–C) groups is 1. The van der Waals surface area contributed by atoms with E-state index in [0.717, 1.165) is 25.8 Å². The van der Waals surface area contributed by atoms with Crippen LogP contribution < -0.4 is 11.5 Å². The Kier molecular flexibility index (Phi) is 4.04. The van der Waals surface area contributed by atoms with E-state index in [1.807, 2.05) is 7.05 Å². The highest BCUT2D eigenvalue weighted by molar-refractivity contribution is 5.75. The molecule has 0 bridgehead atoms. The van der Waals surface area contributed by atoms with E-state index in [0.29, 0.717) is 0 Å². The molecule has 0 saturated carbocycles. The number of aryl methyl sites for hydroxylation is 2. The van der Waals surface area contributed by atoms with Gasteiger partial charge in [-0.15, -0.1) is 0 Å². The summed E-state index contributed by atoms with van der Waals surface area (Å²) in [5.41, 5.74) is 11.8. The van der Waals surface area contributed by atoms with Crippen molar-refractivity contribution in [3.63, 3.8) is 0 Å². The molecule has 78 valence electrons. The van der Waals surface area contributed by atoms with Crippen LogP contribution in [0.25, 0.3) is 0 Å². The van der Waals surface area contributed by atoms with Gasteiger partial charge in [0.05, 0.1) is 0 Å². The van der Waals surface area contributed by atoms with E-state index in [4.69, 9.17) is 11.5 Å². The van der Waals surface area contributed by atoms with Crippen molar-refractivity contribution in [2.24, 2.45) is 23.5 Å². The highest BCUT2D eigenvalue weighted by Crippen LogP contribution is 2.04. The first-order valence-corrected chi connectivity index (χ1v) is 4.85. The normalized spacial score (nSPS) is 10.1. The van der Waals surface area contributed by atoms with Gasteiger partial charge in [-0.25, -0.2) is 0 Å². The zero-order valence-electron chi connectivity index (χ0n) is 8.61. The molecule has 0 amide bonds. The van der Waals surface area contributed by atoms with Gasteiger partial charge in [-0.3, -0.25) is 4.99 Å². The first-order valence-electron chi connectivity index (χ1n) is 4.85. The molecule has 0 fully saturated rings. The predicted octanol–water partition coefficient (Wildman–Crippen LogP) is 0.621. The number of nitrogens with two attached hydrogens (primary N) is 2.